The fraction of sp³-hybridized carbons (Fsp3) is 0.606. The van der Waals surface area contributed by atoms with Gasteiger partial charge in [-0.1, -0.05) is 24.1 Å². The molecule has 4 heterocycles. The van der Waals surface area contributed by atoms with E-state index in [0.29, 0.717) is 60.2 Å². The Balaban J connectivity index is 1.22. The number of aromatic nitrogens is 1. The normalized spacial score (nSPS) is 21.9. The van der Waals surface area contributed by atoms with Crippen molar-refractivity contribution in [2.75, 3.05) is 59.4 Å². The van der Waals surface area contributed by atoms with E-state index in [2.05, 4.69) is 27.1 Å². The lowest BCUT2D eigenvalue weighted by molar-refractivity contribution is -0.134. The summed E-state index contributed by atoms with van der Waals surface area (Å²) in [6.45, 7) is 9.56. The van der Waals surface area contributed by atoms with Crippen LogP contribution in [0.25, 0.3) is 0 Å². The molecular weight excluding hydrogens is 612 g/mol. The Bertz CT molecular complexity index is 1460. The number of aryl methyl sites for hydroxylation is 2. The molecule has 0 bridgehead atoms. The van der Waals surface area contributed by atoms with Crippen molar-refractivity contribution in [3.05, 3.63) is 58.4 Å². The Morgan fingerprint density at radius 2 is 1.73 bits per heavy atom. The number of likely N-dealkylation sites (N-methyl/N-ethyl adjacent to an activating group) is 1. The Hall–Kier alpha value is -2.57. The maximum absolute atomic E-state index is 13.8. The van der Waals surface area contributed by atoms with E-state index in [1.54, 1.807) is 41.7 Å². The second-order valence-corrected chi connectivity index (χ2v) is 15.2. The number of likely N-dealkylation sites (tertiary alicyclic amines) is 1. The number of nitrogens with one attached hydrogen (secondary N) is 1. The fourth-order valence-corrected chi connectivity index (χ4v) is 9.31. The van der Waals surface area contributed by atoms with Gasteiger partial charge in [-0.25, -0.2) is 8.42 Å². The van der Waals surface area contributed by atoms with Gasteiger partial charge in [-0.3, -0.25) is 19.5 Å². The topological polar surface area (TPSA) is 106 Å². The third kappa shape index (κ3) is 7.71. The van der Waals surface area contributed by atoms with Gasteiger partial charge in [-0.2, -0.15) is 4.31 Å². The van der Waals surface area contributed by atoms with Gasteiger partial charge in [0.05, 0.1) is 4.90 Å². The first-order valence-electron chi connectivity index (χ1n) is 16.2. The highest BCUT2D eigenvalue weighted by Gasteiger charge is 2.42. The second kappa shape index (κ2) is 14.5. The largest absolute Gasteiger partial charge is 0.349 e. The van der Waals surface area contributed by atoms with Gasteiger partial charge in [0.15, 0.2) is 0 Å². The van der Waals surface area contributed by atoms with Gasteiger partial charge in [0, 0.05) is 81.6 Å². The molecule has 246 valence electrons. The van der Waals surface area contributed by atoms with Crippen LogP contribution < -0.4 is 5.32 Å². The van der Waals surface area contributed by atoms with Gasteiger partial charge >= 0.3 is 0 Å². The standard InChI is InChI=1S/C33H47ClN6O4S/c1-25-23-30(26(2)22-28(25)34)45(43,44)40-15-7-5-8-27(40)10-11-31(41)38-16-12-33(13-17-38,39-20-18-37(3)19-21-39)24-36-32(42)29-9-4-6-14-35-29/h4,6,9,14,22-23,27H,5,7-8,10-13,15-21,24H2,1-3H3,(H,36,42). The maximum atomic E-state index is 13.8. The molecule has 12 heteroatoms. The highest BCUT2D eigenvalue weighted by molar-refractivity contribution is 7.89. The van der Waals surface area contributed by atoms with E-state index in [4.69, 9.17) is 11.6 Å². The minimum absolute atomic E-state index is 0.0703. The molecule has 1 unspecified atom stereocenters. The third-order valence-corrected chi connectivity index (χ3v) is 12.5. The van der Waals surface area contributed by atoms with Crippen LogP contribution in [0.5, 0.6) is 0 Å². The smallest absolute Gasteiger partial charge is 0.269 e. The number of hydrogen-bond acceptors (Lipinski definition) is 7. The fourth-order valence-electron chi connectivity index (χ4n) is 7.08. The van der Waals surface area contributed by atoms with Crippen LogP contribution >= 0.6 is 11.6 Å². The molecule has 0 saturated carbocycles. The number of halogens is 1. The van der Waals surface area contributed by atoms with E-state index in [-0.39, 0.29) is 23.4 Å². The van der Waals surface area contributed by atoms with Crippen molar-refractivity contribution >= 4 is 33.4 Å². The molecule has 5 rings (SSSR count). The zero-order valence-corrected chi connectivity index (χ0v) is 28.4. The molecule has 3 saturated heterocycles. The number of sulfonamides is 1. The number of piperazine rings is 1. The number of pyridine rings is 1. The summed E-state index contributed by atoms with van der Waals surface area (Å²) in [7, 11) is -1.59. The number of nitrogens with zero attached hydrogens (tertiary/aromatic N) is 5. The Morgan fingerprint density at radius 3 is 2.42 bits per heavy atom. The first-order valence-corrected chi connectivity index (χ1v) is 18.0. The zero-order chi connectivity index (χ0) is 32.2. The SMILES string of the molecule is Cc1cc(S(=O)(=O)N2CCCCC2CCC(=O)N2CCC(CNC(=O)c3ccccn3)(N3CCN(C)CC3)CC2)c(C)cc1Cl. The first kappa shape index (κ1) is 33.8. The molecule has 2 aromatic rings. The molecule has 1 aromatic heterocycles. The number of piperidine rings is 2. The molecule has 10 nitrogen and oxygen atoms in total. The number of carbonyl (C=O) groups is 2. The Labute approximate surface area is 273 Å². The average Bonchev–Trinajstić information content (AvgIpc) is 3.05. The summed E-state index contributed by atoms with van der Waals surface area (Å²) >= 11 is 6.26. The highest BCUT2D eigenvalue weighted by atomic mass is 35.5. The van der Waals surface area contributed by atoms with Gasteiger partial charge in [0.25, 0.3) is 5.91 Å². The van der Waals surface area contributed by atoms with Crippen LogP contribution in [0.1, 0.15) is 66.6 Å². The number of amides is 2. The molecule has 3 aliphatic rings. The van der Waals surface area contributed by atoms with Gasteiger partial charge in [0.2, 0.25) is 15.9 Å². The Morgan fingerprint density at radius 1 is 1.00 bits per heavy atom. The quantitative estimate of drug-likeness (QED) is 0.438. The molecule has 1 aromatic carbocycles. The molecule has 0 aliphatic carbocycles. The van der Waals surface area contributed by atoms with Gasteiger partial charge in [0.1, 0.15) is 5.69 Å². The van der Waals surface area contributed by atoms with Crippen molar-refractivity contribution in [3.63, 3.8) is 0 Å². The van der Waals surface area contributed by atoms with Gasteiger partial charge in [-0.15, -0.1) is 0 Å². The molecule has 2 amide bonds. The lowest BCUT2D eigenvalue weighted by Crippen LogP contribution is -2.64. The molecule has 3 fully saturated rings. The van der Waals surface area contributed by atoms with Crippen LogP contribution in [0.4, 0.5) is 0 Å². The van der Waals surface area contributed by atoms with E-state index < -0.39 is 10.0 Å². The summed E-state index contributed by atoms with van der Waals surface area (Å²) in [5.41, 5.74) is 1.54. The number of hydrogen-bond donors (Lipinski definition) is 1. The molecule has 3 aliphatic heterocycles. The molecule has 0 spiro atoms. The van der Waals surface area contributed by atoms with Crippen LogP contribution in [0.15, 0.2) is 41.4 Å². The van der Waals surface area contributed by atoms with E-state index >= 15 is 0 Å². The van der Waals surface area contributed by atoms with E-state index in [9.17, 15) is 18.0 Å². The van der Waals surface area contributed by atoms with Crippen LogP contribution in [-0.4, -0.2) is 115 Å². The zero-order valence-electron chi connectivity index (χ0n) is 26.8. The van der Waals surface area contributed by atoms with Crippen molar-refractivity contribution < 1.29 is 18.0 Å². The van der Waals surface area contributed by atoms with Gasteiger partial charge < -0.3 is 15.1 Å². The third-order valence-electron chi connectivity index (χ3n) is 10.0. The van der Waals surface area contributed by atoms with Crippen LogP contribution in [0.2, 0.25) is 5.02 Å². The Kier molecular flexibility index (Phi) is 10.9. The van der Waals surface area contributed by atoms with E-state index in [1.165, 1.54) is 0 Å². The average molecular weight is 659 g/mol. The predicted octanol–water partition coefficient (Wildman–Crippen LogP) is 3.71. The van der Waals surface area contributed by atoms with E-state index in [1.807, 2.05) is 17.9 Å². The lowest BCUT2D eigenvalue weighted by atomic mass is 9.84. The number of benzene rings is 1. The summed E-state index contributed by atoms with van der Waals surface area (Å²) in [6.07, 6.45) is 6.49. The first-order chi connectivity index (χ1) is 21.5. The molecule has 0 radical (unpaired) electrons. The maximum Gasteiger partial charge on any atom is 0.269 e. The molecule has 1 atom stereocenters. The van der Waals surface area contributed by atoms with Crippen LogP contribution in [-0.2, 0) is 14.8 Å². The minimum Gasteiger partial charge on any atom is -0.349 e. The number of carbonyl (C=O) groups excluding carboxylic acids is 2. The summed E-state index contributed by atoms with van der Waals surface area (Å²) in [5.74, 6) is -0.112. The summed E-state index contributed by atoms with van der Waals surface area (Å²) < 4.78 is 29.3. The van der Waals surface area contributed by atoms with Crippen molar-refractivity contribution in [1.29, 1.82) is 0 Å². The van der Waals surface area contributed by atoms with Crippen LogP contribution in [0.3, 0.4) is 0 Å². The van der Waals surface area contributed by atoms with E-state index in [0.717, 1.165) is 63.8 Å². The van der Waals surface area contributed by atoms with Gasteiger partial charge in [-0.05, 0) is 88.4 Å². The predicted molar refractivity (Wildman–Crippen MR) is 176 cm³/mol. The number of rotatable bonds is 9. The van der Waals surface area contributed by atoms with Crippen molar-refractivity contribution in [2.24, 2.45) is 0 Å². The summed E-state index contributed by atoms with van der Waals surface area (Å²) in [6, 6.07) is 8.50. The van der Waals surface area contributed by atoms with Crippen molar-refractivity contribution in [3.8, 4) is 0 Å². The second-order valence-electron chi connectivity index (χ2n) is 13.0. The van der Waals surface area contributed by atoms with Crippen LogP contribution in [0, 0.1) is 13.8 Å². The summed E-state index contributed by atoms with van der Waals surface area (Å²) in [5, 5.41) is 3.70. The molecule has 45 heavy (non-hydrogen) atoms. The lowest BCUT2D eigenvalue weighted by Gasteiger charge is -2.51. The monoisotopic (exact) mass is 658 g/mol. The van der Waals surface area contributed by atoms with Crippen molar-refractivity contribution in [2.45, 2.75) is 75.3 Å². The summed E-state index contributed by atoms with van der Waals surface area (Å²) in [4.78, 5) is 37.7. The van der Waals surface area contributed by atoms with Crippen molar-refractivity contribution in [1.82, 2.24) is 29.3 Å². The minimum atomic E-state index is -3.72. The molecule has 1 N–H and O–H groups in total. The highest BCUT2D eigenvalue weighted by Crippen LogP contribution is 2.33. The molecular formula is C33H47ClN6O4S.